The number of rotatable bonds is 10. The maximum absolute atomic E-state index is 13.3. The molecular formula is C27H35ClN4O2. The molecule has 4 N–H and O–H groups in total. The van der Waals surface area contributed by atoms with Gasteiger partial charge < -0.3 is 21.3 Å². The summed E-state index contributed by atoms with van der Waals surface area (Å²) >= 11 is 5.90. The molecule has 34 heavy (non-hydrogen) atoms. The van der Waals surface area contributed by atoms with Crippen LogP contribution in [0.1, 0.15) is 43.2 Å². The van der Waals surface area contributed by atoms with Crippen molar-refractivity contribution < 1.29 is 9.59 Å². The van der Waals surface area contributed by atoms with Gasteiger partial charge in [0.05, 0.1) is 6.04 Å². The van der Waals surface area contributed by atoms with Gasteiger partial charge in [-0.2, -0.15) is 0 Å². The molecule has 1 aliphatic rings. The predicted octanol–water partition coefficient (Wildman–Crippen LogP) is 3.57. The number of carbonyl (C=O) groups is 2. The molecule has 1 aliphatic heterocycles. The van der Waals surface area contributed by atoms with Crippen LogP contribution >= 0.6 is 11.6 Å². The highest BCUT2D eigenvalue weighted by atomic mass is 35.5. The van der Waals surface area contributed by atoms with Crippen LogP contribution in [0.2, 0.25) is 5.02 Å². The molecule has 1 unspecified atom stereocenters. The Balaban J connectivity index is 1.59. The summed E-state index contributed by atoms with van der Waals surface area (Å²) < 4.78 is 0. The van der Waals surface area contributed by atoms with Gasteiger partial charge in [0, 0.05) is 42.7 Å². The lowest BCUT2D eigenvalue weighted by Gasteiger charge is -2.28. The number of nitrogens with one attached hydrogen (secondary N) is 2. The van der Waals surface area contributed by atoms with Crippen LogP contribution in [-0.4, -0.2) is 55.0 Å². The summed E-state index contributed by atoms with van der Waals surface area (Å²) in [5, 5.41) is 7.05. The Bertz CT molecular complexity index is 949. The highest BCUT2D eigenvalue weighted by Gasteiger charge is 2.31. The summed E-state index contributed by atoms with van der Waals surface area (Å²) in [5.74, 6) is 0.212. The molecule has 6 nitrogen and oxygen atoms in total. The molecule has 2 aromatic rings. The van der Waals surface area contributed by atoms with Crippen LogP contribution in [0.4, 0.5) is 0 Å². The van der Waals surface area contributed by atoms with Gasteiger partial charge in [0.25, 0.3) is 0 Å². The average molecular weight is 483 g/mol. The fourth-order valence-electron chi connectivity index (χ4n) is 4.29. The molecule has 1 fully saturated rings. The highest BCUT2D eigenvalue weighted by Crippen LogP contribution is 2.22. The van der Waals surface area contributed by atoms with E-state index in [4.69, 9.17) is 17.3 Å². The van der Waals surface area contributed by atoms with Crippen LogP contribution in [0.3, 0.4) is 0 Å². The van der Waals surface area contributed by atoms with Gasteiger partial charge in [-0.1, -0.05) is 61.0 Å². The second kappa shape index (κ2) is 13.3. The first kappa shape index (κ1) is 25.9. The van der Waals surface area contributed by atoms with Crippen molar-refractivity contribution in [1.29, 1.82) is 0 Å². The largest absolute Gasteiger partial charge is 0.351 e. The fraction of sp³-hybridized carbons (Fsp3) is 0.407. The molecule has 0 aliphatic carbocycles. The minimum atomic E-state index is -0.340. The van der Waals surface area contributed by atoms with Crippen molar-refractivity contribution in [3.63, 3.8) is 0 Å². The predicted molar refractivity (Wildman–Crippen MR) is 139 cm³/mol. The van der Waals surface area contributed by atoms with Crippen molar-refractivity contribution >= 4 is 29.5 Å². The van der Waals surface area contributed by atoms with Crippen LogP contribution in [0.15, 0.2) is 60.7 Å². The first-order valence-corrected chi connectivity index (χ1v) is 12.4. The third-order valence-electron chi connectivity index (χ3n) is 6.27. The van der Waals surface area contributed by atoms with Crippen molar-refractivity contribution in [3.05, 3.63) is 76.8 Å². The van der Waals surface area contributed by atoms with Crippen molar-refractivity contribution in [3.8, 4) is 0 Å². The monoisotopic (exact) mass is 482 g/mol. The summed E-state index contributed by atoms with van der Waals surface area (Å²) in [6.07, 6.45) is 5.56. The van der Waals surface area contributed by atoms with E-state index >= 15 is 0 Å². The SMILES string of the molecule is CCC(CN1CC[C@@H](CNC(=O)/C=C/c2ccc(Cl)cc2)N[C@@H](CCN)C1=O)c1ccccc1. The molecule has 1 heterocycles. The number of nitrogens with zero attached hydrogens (tertiary/aromatic N) is 1. The Kier molecular flexibility index (Phi) is 10.1. The number of hydrogen-bond donors (Lipinski definition) is 3. The van der Waals surface area contributed by atoms with E-state index in [2.05, 4.69) is 29.7 Å². The Labute approximate surface area is 207 Å². The lowest BCUT2D eigenvalue weighted by molar-refractivity contribution is -0.133. The van der Waals surface area contributed by atoms with E-state index < -0.39 is 0 Å². The van der Waals surface area contributed by atoms with E-state index in [1.807, 2.05) is 35.2 Å². The summed E-state index contributed by atoms with van der Waals surface area (Å²) in [5.41, 5.74) is 7.97. The van der Waals surface area contributed by atoms with Crippen molar-refractivity contribution in [2.45, 2.75) is 44.2 Å². The van der Waals surface area contributed by atoms with Crippen molar-refractivity contribution in [2.24, 2.45) is 5.73 Å². The van der Waals surface area contributed by atoms with Gasteiger partial charge in [0.2, 0.25) is 11.8 Å². The first-order valence-electron chi connectivity index (χ1n) is 12.0. The van der Waals surface area contributed by atoms with Crippen LogP contribution in [0.25, 0.3) is 6.08 Å². The van der Waals surface area contributed by atoms with Gasteiger partial charge in [0.1, 0.15) is 0 Å². The van der Waals surface area contributed by atoms with Gasteiger partial charge in [0.15, 0.2) is 0 Å². The number of hydrogen-bond acceptors (Lipinski definition) is 4. The minimum Gasteiger partial charge on any atom is -0.351 e. The van der Waals surface area contributed by atoms with E-state index in [-0.39, 0.29) is 29.8 Å². The quantitative estimate of drug-likeness (QED) is 0.452. The Morgan fingerprint density at radius 3 is 2.65 bits per heavy atom. The van der Waals surface area contributed by atoms with E-state index in [0.717, 1.165) is 18.4 Å². The molecule has 0 radical (unpaired) electrons. The van der Waals surface area contributed by atoms with E-state index in [0.29, 0.717) is 37.6 Å². The average Bonchev–Trinajstić information content (AvgIpc) is 3.00. The normalized spacial score (nSPS) is 19.7. The van der Waals surface area contributed by atoms with Gasteiger partial charge in [-0.3, -0.25) is 9.59 Å². The molecule has 0 spiro atoms. The summed E-state index contributed by atoms with van der Waals surface area (Å²) in [4.78, 5) is 27.6. The lowest BCUT2D eigenvalue weighted by atomic mass is 9.95. The van der Waals surface area contributed by atoms with Crippen LogP contribution < -0.4 is 16.4 Å². The molecule has 2 amide bonds. The number of amides is 2. The maximum atomic E-state index is 13.3. The van der Waals surface area contributed by atoms with E-state index in [9.17, 15) is 9.59 Å². The standard InChI is InChI=1S/C27H35ClN4O2/c1-2-21(22-6-4-3-5-7-22)19-32-17-15-24(31-25(14-16-29)27(32)34)18-30-26(33)13-10-20-8-11-23(28)12-9-20/h3-13,21,24-25,31H,2,14-19,29H2,1H3,(H,30,33)/b13-10+/t21?,24-,25-/m0/s1. The molecule has 0 saturated carbocycles. The topological polar surface area (TPSA) is 87.5 Å². The number of nitrogens with two attached hydrogens (primary N) is 1. The molecular weight excluding hydrogens is 448 g/mol. The molecule has 0 bridgehead atoms. The Morgan fingerprint density at radius 2 is 1.97 bits per heavy atom. The molecule has 182 valence electrons. The summed E-state index contributed by atoms with van der Waals surface area (Å²) in [6.45, 7) is 4.37. The van der Waals surface area contributed by atoms with Crippen LogP contribution in [-0.2, 0) is 9.59 Å². The maximum Gasteiger partial charge on any atom is 0.244 e. The van der Waals surface area contributed by atoms with Crippen molar-refractivity contribution in [2.75, 3.05) is 26.2 Å². The van der Waals surface area contributed by atoms with Gasteiger partial charge >= 0.3 is 0 Å². The smallest absolute Gasteiger partial charge is 0.244 e. The second-order valence-electron chi connectivity index (χ2n) is 8.71. The fourth-order valence-corrected chi connectivity index (χ4v) is 4.41. The molecule has 1 saturated heterocycles. The number of halogens is 1. The zero-order valence-corrected chi connectivity index (χ0v) is 20.5. The molecule has 7 heteroatoms. The van der Waals surface area contributed by atoms with Crippen LogP contribution in [0, 0.1) is 0 Å². The zero-order valence-electron chi connectivity index (χ0n) is 19.8. The van der Waals surface area contributed by atoms with Crippen molar-refractivity contribution in [1.82, 2.24) is 15.5 Å². The molecule has 2 aromatic carbocycles. The van der Waals surface area contributed by atoms with Gasteiger partial charge in [-0.15, -0.1) is 0 Å². The molecule has 3 rings (SSSR count). The summed E-state index contributed by atoms with van der Waals surface area (Å²) in [6, 6.07) is 17.3. The van der Waals surface area contributed by atoms with Gasteiger partial charge in [-0.25, -0.2) is 0 Å². The lowest BCUT2D eigenvalue weighted by Crippen LogP contribution is -2.49. The highest BCUT2D eigenvalue weighted by molar-refractivity contribution is 6.30. The Hall–Kier alpha value is -2.67. The van der Waals surface area contributed by atoms with E-state index in [1.54, 1.807) is 18.2 Å². The first-order chi connectivity index (χ1) is 16.5. The zero-order chi connectivity index (χ0) is 24.3. The molecule has 3 atom stereocenters. The minimum absolute atomic E-state index is 0.00446. The molecule has 0 aromatic heterocycles. The van der Waals surface area contributed by atoms with Crippen LogP contribution in [0.5, 0.6) is 0 Å². The third kappa shape index (κ3) is 7.69. The number of benzene rings is 2. The van der Waals surface area contributed by atoms with E-state index in [1.165, 1.54) is 11.6 Å². The third-order valence-corrected chi connectivity index (χ3v) is 6.53. The van der Waals surface area contributed by atoms with Gasteiger partial charge in [-0.05, 0) is 55.1 Å². The number of carbonyl (C=O) groups excluding carboxylic acids is 2. The summed E-state index contributed by atoms with van der Waals surface area (Å²) in [7, 11) is 0. The Morgan fingerprint density at radius 1 is 1.24 bits per heavy atom. The second-order valence-corrected chi connectivity index (χ2v) is 9.15.